The second-order valence-electron chi connectivity index (χ2n) is 4.37. The van der Waals surface area contributed by atoms with E-state index in [0.717, 1.165) is 11.7 Å². The zero-order valence-electron chi connectivity index (χ0n) is 11.6. The maximum atomic E-state index is 13.6. The molecule has 112 valence electrons. The zero-order chi connectivity index (χ0) is 15.4. The van der Waals surface area contributed by atoms with Crippen molar-refractivity contribution in [3.8, 4) is 0 Å². The minimum absolute atomic E-state index is 0.121. The van der Waals surface area contributed by atoms with Crippen molar-refractivity contribution in [2.45, 2.75) is 30.8 Å². The lowest BCUT2D eigenvalue weighted by Gasteiger charge is -2.13. The molecule has 2 rings (SSSR count). The highest BCUT2D eigenvalue weighted by Crippen LogP contribution is 2.24. The number of carbonyl (C=O) groups excluding carboxylic acids is 1. The van der Waals surface area contributed by atoms with Crippen LogP contribution in [0.25, 0.3) is 0 Å². The third-order valence-corrected chi connectivity index (χ3v) is 4.21. The summed E-state index contributed by atoms with van der Waals surface area (Å²) in [6.45, 7) is 4.53. The number of nitrogens with zero attached hydrogens (tertiary/aromatic N) is 2. The summed E-state index contributed by atoms with van der Waals surface area (Å²) < 4.78 is 15.6. The molecule has 0 aliphatic carbocycles. The van der Waals surface area contributed by atoms with Crippen LogP contribution in [-0.2, 0) is 11.3 Å². The Hall–Kier alpha value is -1.53. The Bertz CT molecular complexity index is 647. The second kappa shape index (κ2) is 6.95. The van der Waals surface area contributed by atoms with Crippen LogP contribution in [0, 0.1) is 5.82 Å². The van der Waals surface area contributed by atoms with Crippen LogP contribution in [0.5, 0.6) is 0 Å². The number of nitrogens with one attached hydrogen (secondary N) is 1. The lowest BCUT2D eigenvalue weighted by Crippen LogP contribution is -2.23. The second-order valence-corrected chi connectivity index (χ2v) is 6.11. The lowest BCUT2D eigenvalue weighted by atomic mass is 10.3. The van der Waals surface area contributed by atoms with Crippen molar-refractivity contribution >= 4 is 35.0 Å². The van der Waals surface area contributed by atoms with Gasteiger partial charge < -0.3 is 9.88 Å². The van der Waals surface area contributed by atoms with E-state index in [2.05, 4.69) is 10.3 Å². The number of hydrogen-bond donors (Lipinski definition) is 1. The molecule has 0 saturated heterocycles. The standard InChI is InChI=1S/C14H15ClFN3OS/c1-3-19-7-6-17-14(19)21-9(2)13(20)18-12-5-4-10(15)8-11(12)16/h4-9H,3H2,1-2H3,(H,18,20). The van der Waals surface area contributed by atoms with E-state index in [1.807, 2.05) is 17.7 Å². The van der Waals surface area contributed by atoms with E-state index in [-0.39, 0.29) is 16.6 Å². The predicted octanol–water partition coefficient (Wildman–Crippen LogP) is 3.81. The van der Waals surface area contributed by atoms with Gasteiger partial charge in [-0.05, 0) is 32.0 Å². The molecule has 1 atom stereocenters. The zero-order valence-corrected chi connectivity index (χ0v) is 13.2. The highest BCUT2D eigenvalue weighted by molar-refractivity contribution is 8.00. The molecule has 0 aliphatic rings. The van der Waals surface area contributed by atoms with Crippen LogP contribution in [0.15, 0.2) is 35.7 Å². The largest absolute Gasteiger partial charge is 0.326 e. The number of carbonyl (C=O) groups is 1. The number of anilines is 1. The normalized spacial score (nSPS) is 12.2. The van der Waals surface area contributed by atoms with Gasteiger partial charge in [-0.25, -0.2) is 9.37 Å². The summed E-state index contributed by atoms with van der Waals surface area (Å²) in [6, 6.07) is 4.14. The summed E-state index contributed by atoms with van der Waals surface area (Å²) in [6.07, 6.45) is 3.54. The van der Waals surface area contributed by atoms with Crippen LogP contribution in [-0.4, -0.2) is 20.7 Å². The molecule has 0 aliphatic heterocycles. The lowest BCUT2D eigenvalue weighted by molar-refractivity contribution is -0.115. The molecule has 1 N–H and O–H groups in total. The Morgan fingerprint density at radius 2 is 2.33 bits per heavy atom. The SMILES string of the molecule is CCn1ccnc1SC(C)C(=O)Nc1ccc(Cl)cc1F. The minimum Gasteiger partial charge on any atom is -0.326 e. The molecule has 4 nitrogen and oxygen atoms in total. The number of imidazole rings is 1. The molecule has 1 aromatic heterocycles. The third-order valence-electron chi connectivity index (χ3n) is 2.86. The number of hydrogen-bond acceptors (Lipinski definition) is 3. The van der Waals surface area contributed by atoms with Gasteiger partial charge in [-0.3, -0.25) is 4.79 Å². The van der Waals surface area contributed by atoms with Gasteiger partial charge in [-0.2, -0.15) is 0 Å². The quantitative estimate of drug-likeness (QED) is 0.849. The van der Waals surface area contributed by atoms with Crippen molar-refractivity contribution in [1.82, 2.24) is 9.55 Å². The Kier molecular flexibility index (Phi) is 5.25. The first kappa shape index (κ1) is 15.9. The Labute approximate surface area is 131 Å². The number of aryl methyl sites for hydroxylation is 1. The molecule has 0 saturated carbocycles. The molecule has 1 heterocycles. The van der Waals surface area contributed by atoms with Gasteiger partial charge in [0.05, 0.1) is 10.9 Å². The Morgan fingerprint density at radius 3 is 3.00 bits per heavy atom. The Morgan fingerprint density at radius 1 is 1.57 bits per heavy atom. The monoisotopic (exact) mass is 327 g/mol. The number of rotatable bonds is 5. The number of aromatic nitrogens is 2. The highest BCUT2D eigenvalue weighted by Gasteiger charge is 2.18. The van der Waals surface area contributed by atoms with Crippen LogP contribution in [0.1, 0.15) is 13.8 Å². The smallest absolute Gasteiger partial charge is 0.237 e. The highest BCUT2D eigenvalue weighted by atomic mass is 35.5. The summed E-state index contributed by atoms with van der Waals surface area (Å²) in [4.78, 5) is 16.3. The Balaban J connectivity index is 2.02. The van der Waals surface area contributed by atoms with Gasteiger partial charge in [0.1, 0.15) is 5.82 Å². The summed E-state index contributed by atoms with van der Waals surface area (Å²) in [5.74, 6) is -0.838. The molecule has 0 fully saturated rings. The molecule has 0 spiro atoms. The van der Waals surface area contributed by atoms with Gasteiger partial charge in [-0.15, -0.1) is 0 Å². The number of benzene rings is 1. The third kappa shape index (κ3) is 3.98. The molecule has 0 bridgehead atoms. The van der Waals surface area contributed by atoms with Gasteiger partial charge in [0.2, 0.25) is 5.91 Å². The van der Waals surface area contributed by atoms with E-state index in [9.17, 15) is 9.18 Å². The van der Waals surface area contributed by atoms with E-state index >= 15 is 0 Å². The summed E-state index contributed by atoms with van der Waals surface area (Å²) >= 11 is 7.01. The number of thioether (sulfide) groups is 1. The fourth-order valence-electron chi connectivity index (χ4n) is 1.69. The summed E-state index contributed by atoms with van der Waals surface area (Å²) in [5.41, 5.74) is 0.121. The topological polar surface area (TPSA) is 46.9 Å². The van der Waals surface area contributed by atoms with E-state index in [4.69, 9.17) is 11.6 Å². The van der Waals surface area contributed by atoms with Crippen LogP contribution in [0.4, 0.5) is 10.1 Å². The molecular formula is C14H15ClFN3OS. The van der Waals surface area contributed by atoms with Gasteiger partial charge >= 0.3 is 0 Å². The maximum Gasteiger partial charge on any atom is 0.237 e. The van der Waals surface area contributed by atoms with Crippen LogP contribution in [0.3, 0.4) is 0 Å². The number of amides is 1. The van der Waals surface area contributed by atoms with Crippen molar-refractivity contribution in [3.05, 3.63) is 41.4 Å². The summed E-state index contributed by atoms with van der Waals surface area (Å²) in [5, 5.41) is 3.21. The fourth-order valence-corrected chi connectivity index (χ4v) is 2.78. The first-order chi connectivity index (χ1) is 10.0. The van der Waals surface area contributed by atoms with Gasteiger partial charge in [-0.1, -0.05) is 23.4 Å². The molecule has 0 radical (unpaired) electrons. The van der Waals surface area contributed by atoms with Gasteiger partial charge in [0, 0.05) is 24.0 Å². The van der Waals surface area contributed by atoms with Crippen molar-refractivity contribution in [1.29, 1.82) is 0 Å². The van der Waals surface area contributed by atoms with Crippen LogP contribution < -0.4 is 5.32 Å². The number of halogens is 2. The molecule has 1 amide bonds. The first-order valence-electron chi connectivity index (χ1n) is 6.45. The van der Waals surface area contributed by atoms with E-state index in [0.29, 0.717) is 0 Å². The average molecular weight is 328 g/mol. The average Bonchev–Trinajstić information content (AvgIpc) is 2.89. The molecule has 1 aromatic carbocycles. The van der Waals surface area contributed by atoms with Crippen molar-refractivity contribution in [2.75, 3.05) is 5.32 Å². The molecule has 7 heteroatoms. The fraction of sp³-hybridized carbons (Fsp3) is 0.286. The first-order valence-corrected chi connectivity index (χ1v) is 7.70. The predicted molar refractivity (Wildman–Crippen MR) is 83.3 cm³/mol. The van der Waals surface area contributed by atoms with Crippen LogP contribution in [0.2, 0.25) is 5.02 Å². The molecule has 2 aromatic rings. The van der Waals surface area contributed by atoms with Crippen molar-refractivity contribution in [3.63, 3.8) is 0 Å². The minimum atomic E-state index is -0.553. The molecular weight excluding hydrogens is 313 g/mol. The molecule has 1 unspecified atom stereocenters. The van der Waals surface area contributed by atoms with E-state index in [1.54, 1.807) is 13.1 Å². The molecule has 21 heavy (non-hydrogen) atoms. The van der Waals surface area contributed by atoms with Gasteiger partial charge in [0.25, 0.3) is 0 Å². The van der Waals surface area contributed by atoms with E-state index < -0.39 is 11.1 Å². The van der Waals surface area contributed by atoms with Gasteiger partial charge in [0.15, 0.2) is 5.16 Å². The maximum absolute atomic E-state index is 13.6. The van der Waals surface area contributed by atoms with Crippen molar-refractivity contribution in [2.24, 2.45) is 0 Å². The van der Waals surface area contributed by atoms with E-state index in [1.165, 1.54) is 30.0 Å². The van der Waals surface area contributed by atoms with Crippen molar-refractivity contribution < 1.29 is 9.18 Å². The summed E-state index contributed by atoms with van der Waals surface area (Å²) in [7, 11) is 0. The van der Waals surface area contributed by atoms with Crippen LogP contribution >= 0.6 is 23.4 Å².